The fourth-order valence-corrected chi connectivity index (χ4v) is 1.94. The van der Waals surface area contributed by atoms with Crippen molar-refractivity contribution in [2.45, 2.75) is 45.6 Å². The number of carbonyl (C=O) groups excluding carboxylic acids is 1. The van der Waals surface area contributed by atoms with Gasteiger partial charge in [0.25, 0.3) is 0 Å². The van der Waals surface area contributed by atoms with Gasteiger partial charge >= 0.3 is 5.97 Å². The van der Waals surface area contributed by atoms with Gasteiger partial charge in [-0.3, -0.25) is 0 Å². The van der Waals surface area contributed by atoms with Crippen LogP contribution < -0.4 is 4.74 Å². The summed E-state index contributed by atoms with van der Waals surface area (Å²) in [6.45, 7) is 9.93. The average Bonchev–Trinajstić information content (AvgIpc) is 2.54. The number of carbonyl (C=O) groups is 1. The van der Waals surface area contributed by atoms with Crippen molar-refractivity contribution in [2.75, 3.05) is 7.11 Å². The third-order valence-corrected chi connectivity index (χ3v) is 3.77. The summed E-state index contributed by atoms with van der Waals surface area (Å²) in [5.41, 5.74) is 1.18. The zero-order chi connectivity index (χ0) is 16.6. The minimum Gasteiger partial charge on any atom is -0.497 e. The number of benzene rings is 1. The van der Waals surface area contributed by atoms with Gasteiger partial charge in [0.15, 0.2) is 0 Å². The standard InChI is InChI=1S/C19H26O3/c1-6-15(3)9-8-14-19(4,7-2)22-18(20)16-10-12-17(21-5)13-11-16/h7,9-13H,2,6,8,14H2,1,3-5H3. The summed E-state index contributed by atoms with van der Waals surface area (Å²) in [6, 6.07) is 6.89. The quantitative estimate of drug-likeness (QED) is 0.504. The summed E-state index contributed by atoms with van der Waals surface area (Å²) in [5.74, 6) is 0.365. The Balaban J connectivity index is 2.70. The minimum absolute atomic E-state index is 0.346. The molecule has 0 spiro atoms. The molecular weight excluding hydrogens is 276 g/mol. The lowest BCUT2D eigenvalue weighted by molar-refractivity contribution is 0.00834. The Kier molecular flexibility index (Phi) is 6.90. The van der Waals surface area contributed by atoms with Gasteiger partial charge in [-0.15, -0.1) is 0 Å². The van der Waals surface area contributed by atoms with Crippen molar-refractivity contribution in [3.8, 4) is 5.75 Å². The van der Waals surface area contributed by atoms with Crippen molar-refractivity contribution in [3.63, 3.8) is 0 Å². The molecule has 0 fully saturated rings. The summed E-state index contributed by atoms with van der Waals surface area (Å²) in [6.07, 6.45) is 6.50. The van der Waals surface area contributed by atoms with Gasteiger partial charge in [-0.1, -0.05) is 25.2 Å². The van der Waals surface area contributed by atoms with Gasteiger partial charge in [0, 0.05) is 0 Å². The minimum atomic E-state index is -0.665. The molecule has 1 unspecified atom stereocenters. The first-order valence-corrected chi connectivity index (χ1v) is 7.60. The van der Waals surface area contributed by atoms with Crippen LogP contribution in [-0.4, -0.2) is 18.7 Å². The lowest BCUT2D eigenvalue weighted by atomic mass is 9.98. The first-order valence-electron chi connectivity index (χ1n) is 7.60. The Morgan fingerprint density at radius 3 is 2.45 bits per heavy atom. The zero-order valence-electron chi connectivity index (χ0n) is 14.0. The van der Waals surface area contributed by atoms with Gasteiger partial charge in [0.2, 0.25) is 0 Å². The Hall–Kier alpha value is -2.03. The molecule has 0 radical (unpaired) electrons. The summed E-state index contributed by atoms with van der Waals surface area (Å²) in [4.78, 5) is 12.2. The van der Waals surface area contributed by atoms with Crippen molar-refractivity contribution in [2.24, 2.45) is 0 Å². The molecule has 0 saturated heterocycles. The smallest absolute Gasteiger partial charge is 0.338 e. The van der Waals surface area contributed by atoms with E-state index < -0.39 is 5.60 Å². The van der Waals surface area contributed by atoms with Crippen LogP contribution >= 0.6 is 0 Å². The largest absolute Gasteiger partial charge is 0.497 e. The second-order valence-electron chi connectivity index (χ2n) is 5.58. The normalized spacial score (nSPS) is 14.1. The predicted molar refractivity (Wildman–Crippen MR) is 90.3 cm³/mol. The second-order valence-corrected chi connectivity index (χ2v) is 5.58. The Bertz CT molecular complexity index is 528. The predicted octanol–water partition coefficient (Wildman–Crippen LogP) is 4.93. The van der Waals surface area contributed by atoms with E-state index in [0.717, 1.165) is 19.3 Å². The highest BCUT2D eigenvalue weighted by atomic mass is 16.6. The average molecular weight is 302 g/mol. The fraction of sp³-hybridized carbons (Fsp3) is 0.421. The molecule has 3 nitrogen and oxygen atoms in total. The van der Waals surface area contributed by atoms with E-state index in [9.17, 15) is 4.79 Å². The molecule has 0 aromatic heterocycles. The van der Waals surface area contributed by atoms with Crippen molar-refractivity contribution in [3.05, 3.63) is 54.1 Å². The highest BCUT2D eigenvalue weighted by molar-refractivity contribution is 5.89. The van der Waals surface area contributed by atoms with Gasteiger partial charge in [-0.05, 0) is 63.5 Å². The third-order valence-electron chi connectivity index (χ3n) is 3.77. The summed E-state index contributed by atoms with van der Waals surface area (Å²) in [7, 11) is 1.59. The molecule has 0 aliphatic carbocycles. The maximum atomic E-state index is 12.2. The van der Waals surface area contributed by atoms with E-state index in [0.29, 0.717) is 11.3 Å². The highest BCUT2D eigenvalue weighted by Gasteiger charge is 2.25. The van der Waals surface area contributed by atoms with Crippen LogP contribution in [-0.2, 0) is 4.74 Å². The molecule has 1 aromatic rings. The van der Waals surface area contributed by atoms with Crippen LogP contribution in [0.5, 0.6) is 5.75 Å². The Morgan fingerprint density at radius 1 is 1.32 bits per heavy atom. The van der Waals surface area contributed by atoms with Gasteiger partial charge in [0.1, 0.15) is 11.4 Å². The van der Waals surface area contributed by atoms with E-state index in [1.807, 2.05) is 6.92 Å². The Morgan fingerprint density at radius 2 is 1.95 bits per heavy atom. The van der Waals surface area contributed by atoms with E-state index >= 15 is 0 Å². The van der Waals surface area contributed by atoms with Crippen LogP contribution in [0.4, 0.5) is 0 Å². The number of hydrogen-bond donors (Lipinski definition) is 0. The summed E-state index contributed by atoms with van der Waals surface area (Å²) < 4.78 is 10.7. The second kappa shape index (κ2) is 8.42. The molecule has 1 atom stereocenters. The molecule has 0 aliphatic rings. The monoisotopic (exact) mass is 302 g/mol. The molecule has 0 N–H and O–H groups in total. The van der Waals surface area contributed by atoms with Crippen LogP contribution in [0.1, 0.15) is 50.4 Å². The van der Waals surface area contributed by atoms with Crippen LogP contribution in [0.3, 0.4) is 0 Å². The highest BCUT2D eigenvalue weighted by Crippen LogP contribution is 2.23. The van der Waals surface area contributed by atoms with E-state index in [-0.39, 0.29) is 5.97 Å². The van der Waals surface area contributed by atoms with Gasteiger partial charge in [0.05, 0.1) is 12.7 Å². The van der Waals surface area contributed by atoms with Gasteiger partial charge in [-0.25, -0.2) is 4.79 Å². The van der Waals surface area contributed by atoms with Crippen LogP contribution in [0.15, 0.2) is 48.6 Å². The van der Waals surface area contributed by atoms with Crippen LogP contribution in [0, 0.1) is 0 Å². The lowest BCUT2D eigenvalue weighted by Gasteiger charge is -2.25. The molecule has 1 rings (SSSR count). The molecule has 0 saturated carbocycles. The molecule has 22 heavy (non-hydrogen) atoms. The van der Waals surface area contributed by atoms with Gasteiger partial charge < -0.3 is 9.47 Å². The topological polar surface area (TPSA) is 35.5 Å². The molecular formula is C19H26O3. The maximum Gasteiger partial charge on any atom is 0.338 e. The number of allylic oxidation sites excluding steroid dienone is 2. The molecule has 3 heteroatoms. The van der Waals surface area contributed by atoms with E-state index in [1.165, 1.54) is 5.57 Å². The first kappa shape index (κ1) is 18.0. The van der Waals surface area contributed by atoms with Crippen LogP contribution in [0.2, 0.25) is 0 Å². The molecule has 1 aromatic carbocycles. The summed E-state index contributed by atoms with van der Waals surface area (Å²) >= 11 is 0. The van der Waals surface area contributed by atoms with Crippen molar-refractivity contribution >= 4 is 5.97 Å². The number of esters is 1. The van der Waals surface area contributed by atoms with Crippen molar-refractivity contribution < 1.29 is 14.3 Å². The summed E-state index contributed by atoms with van der Waals surface area (Å²) in [5, 5.41) is 0. The van der Waals surface area contributed by atoms with Crippen LogP contribution in [0.25, 0.3) is 0 Å². The lowest BCUT2D eigenvalue weighted by Crippen LogP contribution is -2.29. The number of ether oxygens (including phenoxy) is 2. The molecule has 0 aliphatic heterocycles. The molecule has 0 amide bonds. The van der Waals surface area contributed by atoms with Crippen molar-refractivity contribution in [1.82, 2.24) is 0 Å². The first-order chi connectivity index (χ1) is 10.4. The number of rotatable bonds is 8. The maximum absolute atomic E-state index is 12.2. The number of methoxy groups -OCH3 is 1. The Labute approximate surface area is 133 Å². The fourth-order valence-electron chi connectivity index (χ4n) is 1.94. The van der Waals surface area contributed by atoms with E-state index in [4.69, 9.17) is 9.47 Å². The van der Waals surface area contributed by atoms with Gasteiger partial charge in [-0.2, -0.15) is 0 Å². The van der Waals surface area contributed by atoms with E-state index in [2.05, 4.69) is 26.5 Å². The number of hydrogen-bond acceptors (Lipinski definition) is 3. The third kappa shape index (κ3) is 5.40. The van der Waals surface area contributed by atoms with Crippen molar-refractivity contribution in [1.29, 1.82) is 0 Å². The molecule has 0 bridgehead atoms. The molecule has 120 valence electrons. The zero-order valence-corrected chi connectivity index (χ0v) is 14.0. The SMILES string of the molecule is C=CC(C)(CCC=C(C)CC)OC(=O)c1ccc(OC)cc1. The molecule has 0 heterocycles. The van der Waals surface area contributed by atoms with E-state index in [1.54, 1.807) is 37.5 Å².